The lowest BCUT2D eigenvalue weighted by molar-refractivity contribution is -0.137. The van der Waals surface area contributed by atoms with E-state index in [9.17, 15) is 27.2 Å². The molecule has 0 aliphatic heterocycles. The molecule has 2 aromatic heterocycles. The number of hydrogen-bond acceptors (Lipinski definition) is 4. The molecule has 0 bridgehead atoms. The molecule has 7 nitrogen and oxygen atoms in total. The quantitative estimate of drug-likeness (QED) is 0.257. The second-order valence-corrected chi connectivity index (χ2v) is 9.80. The first-order valence-corrected chi connectivity index (χ1v) is 11.3. The Bertz CT molecular complexity index is 1610. The summed E-state index contributed by atoms with van der Waals surface area (Å²) in [5, 5.41) is 2.56. The van der Waals surface area contributed by atoms with Crippen molar-refractivity contribution in [3.63, 3.8) is 0 Å². The van der Waals surface area contributed by atoms with Crippen LogP contribution in [0.3, 0.4) is 0 Å². The van der Waals surface area contributed by atoms with Gasteiger partial charge in [0.25, 0.3) is 0 Å². The van der Waals surface area contributed by atoms with Gasteiger partial charge in [-0.25, -0.2) is 13.8 Å². The average molecular weight is 552 g/mol. The third-order valence-corrected chi connectivity index (χ3v) is 5.90. The number of carbonyl (C=O) groups is 2. The highest BCUT2D eigenvalue weighted by molar-refractivity contribution is 6.33. The van der Waals surface area contributed by atoms with Crippen molar-refractivity contribution in [2.75, 3.05) is 5.32 Å². The van der Waals surface area contributed by atoms with E-state index in [0.717, 1.165) is 12.1 Å². The van der Waals surface area contributed by atoms with Crippen molar-refractivity contribution in [3.05, 3.63) is 64.3 Å². The highest BCUT2D eigenvalue weighted by atomic mass is 35.5. The Balaban J connectivity index is 2.07. The fourth-order valence-corrected chi connectivity index (χ4v) is 3.89. The van der Waals surface area contributed by atoms with Gasteiger partial charge in [-0.2, -0.15) is 18.2 Å². The van der Waals surface area contributed by atoms with Gasteiger partial charge in [-0.1, -0.05) is 32.4 Å². The summed E-state index contributed by atoms with van der Waals surface area (Å²) >= 11 is 6.31. The molecular weight excluding hydrogens is 533 g/mol. The molecule has 0 unspecified atom stereocenters. The Kier molecular flexibility index (Phi) is 6.64. The number of hydrogen-bond donors (Lipinski definition) is 3. The Morgan fingerprint density at radius 3 is 2.32 bits per heavy atom. The first-order chi connectivity index (χ1) is 17.6. The number of nitrogens with zero attached hydrogens (tertiary/aromatic N) is 2. The van der Waals surface area contributed by atoms with Gasteiger partial charge in [0.05, 0.1) is 27.2 Å². The van der Waals surface area contributed by atoms with Crippen LogP contribution in [0.2, 0.25) is 5.02 Å². The van der Waals surface area contributed by atoms with Crippen molar-refractivity contribution in [2.24, 2.45) is 11.1 Å². The lowest BCUT2D eigenvalue weighted by Crippen LogP contribution is -2.28. The van der Waals surface area contributed by atoms with E-state index in [1.54, 1.807) is 20.8 Å². The van der Waals surface area contributed by atoms with E-state index < -0.39 is 51.7 Å². The summed E-state index contributed by atoms with van der Waals surface area (Å²) in [6.45, 7) is 4.95. The largest absolute Gasteiger partial charge is 0.416 e. The molecule has 0 aliphatic rings. The van der Waals surface area contributed by atoms with E-state index >= 15 is 4.39 Å². The van der Waals surface area contributed by atoms with Crippen LogP contribution in [-0.2, 0) is 11.0 Å². The molecule has 2 heterocycles. The number of nitrogens with two attached hydrogens (primary N) is 1. The number of H-pyrrole nitrogens is 1. The molecule has 38 heavy (non-hydrogen) atoms. The van der Waals surface area contributed by atoms with Crippen LogP contribution in [0.4, 0.5) is 27.9 Å². The van der Waals surface area contributed by atoms with Gasteiger partial charge in [0, 0.05) is 28.3 Å². The molecule has 0 saturated carbocycles. The molecule has 0 spiro atoms. The number of fused-ring (bicyclic) bond motifs is 1. The van der Waals surface area contributed by atoms with E-state index in [4.69, 9.17) is 17.3 Å². The predicted octanol–water partition coefficient (Wildman–Crippen LogP) is 6.33. The highest BCUT2D eigenvalue weighted by Gasteiger charge is 2.34. The number of halogens is 6. The summed E-state index contributed by atoms with van der Waals surface area (Å²) in [5.74, 6) is -4.07. The second kappa shape index (κ2) is 9.35. The molecule has 2 amide bonds. The van der Waals surface area contributed by atoms with E-state index in [1.165, 1.54) is 12.3 Å². The van der Waals surface area contributed by atoms with Crippen molar-refractivity contribution < 1.29 is 31.5 Å². The van der Waals surface area contributed by atoms with Crippen LogP contribution < -0.4 is 11.1 Å². The molecule has 0 saturated heterocycles. The zero-order valence-corrected chi connectivity index (χ0v) is 20.8. The van der Waals surface area contributed by atoms with Crippen LogP contribution in [-0.4, -0.2) is 26.8 Å². The monoisotopic (exact) mass is 551 g/mol. The minimum Gasteiger partial charge on any atom is -0.366 e. The Morgan fingerprint density at radius 1 is 1.03 bits per heavy atom. The molecule has 0 radical (unpaired) electrons. The number of amides is 2. The fraction of sp³-hybridized carbons (Fsp3) is 0.200. The summed E-state index contributed by atoms with van der Waals surface area (Å²) < 4.78 is 69.4. The maximum Gasteiger partial charge on any atom is 0.416 e. The molecule has 4 aromatic rings. The number of benzene rings is 2. The van der Waals surface area contributed by atoms with Gasteiger partial charge < -0.3 is 10.7 Å². The van der Waals surface area contributed by atoms with Gasteiger partial charge in [-0.3, -0.25) is 14.9 Å². The first-order valence-electron chi connectivity index (χ1n) is 10.9. The van der Waals surface area contributed by atoms with Crippen LogP contribution in [0, 0.1) is 17.0 Å². The van der Waals surface area contributed by atoms with Crippen LogP contribution in [0.1, 0.15) is 36.7 Å². The van der Waals surface area contributed by atoms with Gasteiger partial charge in [-0.15, -0.1) is 0 Å². The van der Waals surface area contributed by atoms with E-state index in [2.05, 4.69) is 20.3 Å². The van der Waals surface area contributed by atoms with Crippen LogP contribution in [0.25, 0.3) is 33.4 Å². The highest BCUT2D eigenvalue weighted by Crippen LogP contribution is 2.42. The first kappa shape index (κ1) is 27.0. The number of aromatic amines is 1. The van der Waals surface area contributed by atoms with Gasteiger partial charge in [0.1, 0.15) is 17.3 Å². The minimum atomic E-state index is -4.95. The fourth-order valence-electron chi connectivity index (χ4n) is 3.69. The summed E-state index contributed by atoms with van der Waals surface area (Å²) in [7, 11) is 0. The lowest BCUT2D eigenvalue weighted by Gasteiger charge is -2.18. The molecule has 0 atom stereocenters. The zero-order chi connectivity index (χ0) is 28.2. The predicted molar refractivity (Wildman–Crippen MR) is 131 cm³/mol. The maximum atomic E-state index is 15.2. The van der Waals surface area contributed by atoms with Crippen molar-refractivity contribution in [1.29, 1.82) is 0 Å². The number of alkyl halides is 3. The van der Waals surface area contributed by atoms with Crippen LogP contribution in [0.15, 0.2) is 36.5 Å². The Labute approximate surface area is 217 Å². The summed E-state index contributed by atoms with van der Waals surface area (Å²) in [6.07, 6.45) is -3.77. The van der Waals surface area contributed by atoms with Crippen LogP contribution >= 0.6 is 11.6 Å². The molecule has 4 rings (SSSR count). The molecule has 2 aromatic carbocycles. The van der Waals surface area contributed by atoms with Crippen molar-refractivity contribution in [1.82, 2.24) is 15.0 Å². The zero-order valence-electron chi connectivity index (χ0n) is 20.0. The van der Waals surface area contributed by atoms with Gasteiger partial charge >= 0.3 is 6.18 Å². The third kappa shape index (κ3) is 5.03. The van der Waals surface area contributed by atoms with Crippen molar-refractivity contribution >= 4 is 40.4 Å². The van der Waals surface area contributed by atoms with Gasteiger partial charge in [-0.05, 0) is 30.3 Å². The average Bonchev–Trinajstić information content (AvgIpc) is 3.21. The molecule has 13 heteroatoms. The van der Waals surface area contributed by atoms with E-state index in [0.29, 0.717) is 6.07 Å². The molecule has 198 valence electrons. The number of primary amides is 1. The smallest absolute Gasteiger partial charge is 0.366 e. The minimum absolute atomic E-state index is 0.00702. The summed E-state index contributed by atoms with van der Waals surface area (Å²) in [4.78, 5) is 36.0. The number of carbonyl (C=O) groups excluding carboxylic acids is 2. The summed E-state index contributed by atoms with van der Waals surface area (Å²) in [5.41, 5.74) is 1.55. The van der Waals surface area contributed by atoms with Crippen molar-refractivity contribution in [3.8, 4) is 22.4 Å². The number of rotatable bonds is 4. The molecule has 0 aliphatic carbocycles. The number of aromatic nitrogens is 3. The van der Waals surface area contributed by atoms with Gasteiger partial charge in [0.15, 0.2) is 0 Å². The van der Waals surface area contributed by atoms with E-state index in [-0.39, 0.29) is 44.9 Å². The number of nitrogens with one attached hydrogen (secondary N) is 2. The lowest BCUT2D eigenvalue weighted by atomic mass is 9.94. The maximum absolute atomic E-state index is 15.2. The number of anilines is 1. The summed E-state index contributed by atoms with van der Waals surface area (Å²) in [6, 6.07) is 4.04. The second-order valence-electron chi connectivity index (χ2n) is 9.39. The topological polar surface area (TPSA) is 114 Å². The molecular formula is C25H19ClF5N5O2. The normalized spacial score (nSPS) is 12.1. The SMILES string of the molecule is CC(C)(C)C(=O)Nc1nc(-c2cc(F)ccc2Cl)c2c(-c3c(F)cc(C(F)(F)F)cc3C(N)=O)c[nH]c2n1. The standard InChI is InChI=1S/C25H19ClF5N5O2/c1-24(2,3)22(38)36-23-34-19(12-8-11(27)4-5-15(12)26)18-14(9-33-21(18)35-23)17-13(20(32)37)6-10(7-16(17)28)25(29,30)31/h4-9H,1-3H3,(H2,32,37)(H2,33,34,35,36,38). The Morgan fingerprint density at radius 2 is 1.71 bits per heavy atom. The Hall–Kier alpha value is -4.06. The van der Waals surface area contributed by atoms with Crippen LogP contribution in [0.5, 0.6) is 0 Å². The molecule has 0 fully saturated rings. The third-order valence-electron chi connectivity index (χ3n) is 5.57. The van der Waals surface area contributed by atoms with Crippen molar-refractivity contribution in [2.45, 2.75) is 26.9 Å². The van der Waals surface area contributed by atoms with E-state index in [1.807, 2.05) is 0 Å². The van der Waals surface area contributed by atoms with Gasteiger partial charge in [0.2, 0.25) is 17.8 Å². The molecule has 4 N–H and O–H groups in total.